The molecule has 0 N–H and O–H groups in total. The maximum atomic E-state index is 13.1. The Bertz CT molecular complexity index is 934. The highest BCUT2D eigenvalue weighted by atomic mass is 16.6. The molecule has 172 valence electrons. The number of ether oxygens (including phenoxy) is 2. The summed E-state index contributed by atoms with van der Waals surface area (Å²) in [5.41, 5.74) is 3.75. The Morgan fingerprint density at radius 1 is 0.562 bits per heavy atom. The molecule has 0 spiro atoms. The van der Waals surface area contributed by atoms with Gasteiger partial charge in [0.25, 0.3) is 0 Å². The van der Waals surface area contributed by atoms with Crippen molar-refractivity contribution in [3.63, 3.8) is 0 Å². The number of hydrogen-bond acceptors (Lipinski definition) is 4. The molecule has 0 aliphatic rings. The summed E-state index contributed by atoms with van der Waals surface area (Å²) in [4.78, 5) is 26.1. The van der Waals surface area contributed by atoms with E-state index in [4.69, 9.17) is 9.47 Å². The van der Waals surface area contributed by atoms with E-state index in [9.17, 15) is 9.59 Å². The number of carbonyl (C=O) groups is 2. The molecule has 4 heteroatoms. The van der Waals surface area contributed by atoms with E-state index in [2.05, 4.69) is 0 Å². The fraction of sp³-hybridized carbons (Fsp3) is 0.429. The summed E-state index contributed by atoms with van der Waals surface area (Å²) in [7, 11) is 0. The van der Waals surface area contributed by atoms with Crippen LogP contribution in [0.3, 0.4) is 0 Å². The zero-order valence-corrected chi connectivity index (χ0v) is 21.1. The maximum absolute atomic E-state index is 13.1. The van der Waals surface area contributed by atoms with E-state index in [0.29, 0.717) is 0 Å². The van der Waals surface area contributed by atoms with Crippen LogP contribution in [0.4, 0.5) is 0 Å². The van der Waals surface area contributed by atoms with Crippen molar-refractivity contribution in [1.29, 1.82) is 0 Å². The van der Waals surface area contributed by atoms with Gasteiger partial charge in [0, 0.05) is 11.1 Å². The van der Waals surface area contributed by atoms with Gasteiger partial charge >= 0.3 is 11.9 Å². The van der Waals surface area contributed by atoms with Gasteiger partial charge < -0.3 is 9.47 Å². The van der Waals surface area contributed by atoms with Crippen molar-refractivity contribution in [2.45, 2.75) is 69.2 Å². The zero-order valence-electron chi connectivity index (χ0n) is 21.1. The monoisotopic (exact) mass is 436 g/mol. The standard InChI is InChI=1S/C28H36O4/c1-17-13-11-14-18(2)21(17)23(31-25(29)27(5,6)7)24(32-26(30)28(8,9)10)22-19(3)15-12-16-20(22)4/h11-16H,1-10H3. The smallest absolute Gasteiger partial charge is 0.316 e. The van der Waals surface area contributed by atoms with Crippen LogP contribution in [0.15, 0.2) is 36.4 Å². The minimum atomic E-state index is -0.734. The van der Waals surface area contributed by atoms with Crippen LogP contribution < -0.4 is 0 Å². The Balaban J connectivity index is 2.97. The molecule has 0 heterocycles. The van der Waals surface area contributed by atoms with Crippen molar-refractivity contribution in [2.75, 3.05) is 0 Å². The van der Waals surface area contributed by atoms with Gasteiger partial charge in [0.1, 0.15) is 0 Å². The average molecular weight is 437 g/mol. The first-order valence-electron chi connectivity index (χ1n) is 11.0. The van der Waals surface area contributed by atoms with Gasteiger partial charge in [0.05, 0.1) is 10.8 Å². The third kappa shape index (κ3) is 5.67. The molecule has 0 amide bonds. The van der Waals surface area contributed by atoms with Gasteiger partial charge in [-0.15, -0.1) is 0 Å². The Hall–Kier alpha value is -2.88. The van der Waals surface area contributed by atoms with Crippen LogP contribution in [0.5, 0.6) is 0 Å². The summed E-state index contributed by atoms with van der Waals surface area (Å²) in [6.45, 7) is 18.7. The molecule has 2 aromatic carbocycles. The van der Waals surface area contributed by atoms with Crippen molar-refractivity contribution < 1.29 is 19.1 Å². The molecule has 2 aromatic rings. The SMILES string of the molecule is Cc1cccc(C)c1C(OC(=O)C(C)(C)C)=C(OC(=O)C(C)(C)C)c1c(C)cccc1C. The van der Waals surface area contributed by atoms with Crippen molar-refractivity contribution in [2.24, 2.45) is 10.8 Å². The van der Waals surface area contributed by atoms with Crippen LogP contribution in [-0.2, 0) is 19.1 Å². The fourth-order valence-corrected chi connectivity index (χ4v) is 3.26. The molecule has 0 radical (unpaired) electrons. The molecule has 0 unspecified atom stereocenters. The third-order valence-electron chi connectivity index (χ3n) is 5.24. The molecular formula is C28H36O4. The summed E-state index contributed by atoms with van der Waals surface area (Å²) in [5, 5.41) is 0. The van der Waals surface area contributed by atoms with Gasteiger partial charge in [-0.25, -0.2) is 0 Å². The first-order valence-corrected chi connectivity index (χ1v) is 11.0. The van der Waals surface area contributed by atoms with Crippen LogP contribution in [0.2, 0.25) is 0 Å². The average Bonchev–Trinajstić information content (AvgIpc) is 2.64. The summed E-state index contributed by atoms with van der Waals surface area (Å²) >= 11 is 0. The van der Waals surface area contributed by atoms with Crippen LogP contribution in [0.25, 0.3) is 11.5 Å². The number of benzene rings is 2. The van der Waals surface area contributed by atoms with Gasteiger partial charge in [0.2, 0.25) is 0 Å². The van der Waals surface area contributed by atoms with E-state index in [1.807, 2.05) is 64.1 Å². The second-order valence-corrected chi connectivity index (χ2v) is 10.5. The molecule has 32 heavy (non-hydrogen) atoms. The van der Waals surface area contributed by atoms with Crippen molar-refractivity contribution in [1.82, 2.24) is 0 Å². The van der Waals surface area contributed by atoms with Crippen molar-refractivity contribution in [3.05, 3.63) is 69.8 Å². The molecule has 2 rings (SSSR count). The van der Waals surface area contributed by atoms with Crippen molar-refractivity contribution >= 4 is 23.5 Å². The summed E-state index contributed by atoms with van der Waals surface area (Å²) in [6.07, 6.45) is 0. The summed E-state index contributed by atoms with van der Waals surface area (Å²) < 4.78 is 12.1. The highest BCUT2D eigenvalue weighted by molar-refractivity contribution is 5.96. The largest absolute Gasteiger partial charge is 0.421 e. The number of aryl methyl sites for hydroxylation is 4. The van der Waals surface area contributed by atoms with E-state index < -0.39 is 22.8 Å². The van der Waals surface area contributed by atoms with E-state index in [1.165, 1.54) is 0 Å². The molecule has 0 atom stereocenters. The zero-order chi connectivity index (χ0) is 24.4. The molecule has 0 fully saturated rings. The predicted octanol–water partition coefficient (Wildman–Crippen LogP) is 6.92. The Morgan fingerprint density at radius 3 is 1.03 bits per heavy atom. The fourth-order valence-electron chi connectivity index (χ4n) is 3.26. The Kier molecular flexibility index (Phi) is 7.39. The molecule has 0 aliphatic heterocycles. The summed E-state index contributed by atoms with van der Waals surface area (Å²) in [6, 6.07) is 11.7. The first kappa shape index (κ1) is 25.4. The quantitative estimate of drug-likeness (QED) is 0.296. The minimum absolute atomic E-state index is 0.274. The number of hydrogen-bond donors (Lipinski definition) is 0. The topological polar surface area (TPSA) is 52.6 Å². The third-order valence-corrected chi connectivity index (χ3v) is 5.24. The number of carbonyl (C=O) groups excluding carboxylic acids is 2. The lowest BCUT2D eigenvalue weighted by molar-refractivity contribution is -0.147. The molecule has 0 saturated heterocycles. The second-order valence-electron chi connectivity index (χ2n) is 10.5. The highest BCUT2D eigenvalue weighted by Gasteiger charge is 2.32. The molecular weight excluding hydrogens is 400 g/mol. The molecule has 4 nitrogen and oxygen atoms in total. The molecule has 0 saturated carbocycles. The Labute approximate surface area is 192 Å². The lowest BCUT2D eigenvalue weighted by Gasteiger charge is -2.25. The second kappa shape index (κ2) is 9.32. The predicted molar refractivity (Wildman–Crippen MR) is 130 cm³/mol. The van der Waals surface area contributed by atoms with E-state index >= 15 is 0 Å². The van der Waals surface area contributed by atoms with E-state index in [1.54, 1.807) is 41.5 Å². The van der Waals surface area contributed by atoms with Crippen LogP contribution >= 0.6 is 0 Å². The van der Waals surface area contributed by atoms with Crippen molar-refractivity contribution in [3.8, 4) is 0 Å². The van der Waals surface area contributed by atoms with Gasteiger partial charge in [-0.1, -0.05) is 36.4 Å². The molecule has 0 bridgehead atoms. The lowest BCUT2D eigenvalue weighted by Crippen LogP contribution is -2.26. The van der Waals surface area contributed by atoms with Gasteiger partial charge in [-0.3, -0.25) is 9.59 Å². The maximum Gasteiger partial charge on any atom is 0.316 e. The highest BCUT2D eigenvalue weighted by Crippen LogP contribution is 2.38. The minimum Gasteiger partial charge on any atom is -0.421 e. The van der Waals surface area contributed by atoms with Gasteiger partial charge in [0.15, 0.2) is 11.5 Å². The normalized spacial score (nSPS) is 12.8. The summed E-state index contributed by atoms with van der Waals surface area (Å²) in [5.74, 6) is -0.248. The Morgan fingerprint density at radius 2 is 0.812 bits per heavy atom. The first-order chi connectivity index (χ1) is 14.6. The molecule has 0 aliphatic carbocycles. The van der Waals surface area contributed by atoms with Crippen LogP contribution in [0, 0.1) is 38.5 Å². The molecule has 0 aromatic heterocycles. The van der Waals surface area contributed by atoms with E-state index in [0.717, 1.165) is 33.4 Å². The lowest BCUT2D eigenvalue weighted by atomic mass is 9.93. The van der Waals surface area contributed by atoms with Gasteiger partial charge in [-0.05, 0) is 91.5 Å². The number of esters is 2. The number of rotatable bonds is 4. The van der Waals surface area contributed by atoms with Gasteiger partial charge in [-0.2, -0.15) is 0 Å². The van der Waals surface area contributed by atoms with Crippen LogP contribution in [-0.4, -0.2) is 11.9 Å². The van der Waals surface area contributed by atoms with E-state index in [-0.39, 0.29) is 11.5 Å². The van der Waals surface area contributed by atoms with Crippen LogP contribution in [0.1, 0.15) is 74.9 Å².